The Labute approximate surface area is 90.4 Å². The van der Waals surface area contributed by atoms with Gasteiger partial charge < -0.3 is 5.11 Å². The van der Waals surface area contributed by atoms with Gasteiger partial charge in [-0.3, -0.25) is 0 Å². The molecule has 78 valence electrons. The van der Waals surface area contributed by atoms with E-state index >= 15 is 0 Å². The first-order valence-corrected chi connectivity index (χ1v) is 5.41. The van der Waals surface area contributed by atoms with Crippen LogP contribution in [0.5, 0.6) is 0 Å². The molecule has 0 amide bonds. The molecule has 2 rings (SSSR count). The summed E-state index contributed by atoms with van der Waals surface area (Å²) in [7, 11) is 0. The number of benzene rings is 2. The van der Waals surface area contributed by atoms with E-state index in [4.69, 9.17) is 5.11 Å². The molecule has 0 saturated carbocycles. The second-order valence-corrected chi connectivity index (χ2v) is 3.91. The summed E-state index contributed by atoms with van der Waals surface area (Å²) < 4.78 is 0. The molecule has 0 aliphatic heterocycles. The van der Waals surface area contributed by atoms with Gasteiger partial charge in [0, 0.05) is 6.61 Å². The molecule has 2 aromatic rings. The van der Waals surface area contributed by atoms with Gasteiger partial charge in [0.05, 0.1) is 0 Å². The average Bonchev–Trinajstić information content (AvgIpc) is 2.28. The highest BCUT2D eigenvalue weighted by molar-refractivity contribution is 5.86. The molecule has 2 aromatic carbocycles. The number of rotatable bonds is 3. The summed E-state index contributed by atoms with van der Waals surface area (Å²) >= 11 is 0. The Balaban J connectivity index is 2.53. The van der Waals surface area contributed by atoms with E-state index in [0.29, 0.717) is 0 Å². The van der Waals surface area contributed by atoms with Crippen molar-refractivity contribution in [3.8, 4) is 0 Å². The van der Waals surface area contributed by atoms with Crippen LogP contribution >= 0.6 is 0 Å². The lowest BCUT2D eigenvalue weighted by Gasteiger charge is -2.09. The smallest absolute Gasteiger partial charge is 0.0434 e. The minimum absolute atomic E-state index is 0.267. The number of aliphatic hydroxyl groups is 1. The zero-order chi connectivity index (χ0) is 10.7. The molecule has 0 aliphatic carbocycles. The van der Waals surface area contributed by atoms with Gasteiger partial charge in [0.2, 0.25) is 0 Å². The Morgan fingerprint density at radius 3 is 2.67 bits per heavy atom. The number of fused-ring (bicyclic) bond motifs is 1. The van der Waals surface area contributed by atoms with Crippen molar-refractivity contribution in [3.63, 3.8) is 0 Å². The van der Waals surface area contributed by atoms with Crippen molar-refractivity contribution >= 4 is 10.8 Å². The third kappa shape index (κ3) is 2.02. The van der Waals surface area contributed by atoms with Crippen LogP contribution in [0.1, 0.15) is 17.5 Å². The predicted octanol–water partition coefficient (Wildman–Crippen LogP) is 3.07. The molecule has 0 spiro atoms. The van der Waals surface area contributed by atoms with Crippen LogP contribution in [0.2, 0.25) is 0 Å². The summed E-state index contributed by atoms with van der Waals surface area (Å²) in [5.74, 6) is 0. The van der Waals surface area contributed by atoms with E-state index < -0.39 is 0 Å². The highest BCUT2D eigenvalue weighted by atomic mass is 16.2. The second kappa shape index (κ2) is 4.45. The number of hydrogen-bond donors (Lipinski definition) is 1. The van der Waals surface area contributed by atoms with Crippen LogP contribution in [0, 0.1) is 6.92 Å². The summed E-state index contributed by atoms with van der Waals surface area (Å²) in [5.41, 5.74) is 2.70. The molecule has 1 heteroatoms. The van der Waals surface area contributed by atoms with Crippen LogP contribution in [0.25, 0.3) is 10.8 Å². The number of hydrogen-bond acceptors (Lipinski definition) is 1. The SMILES string of the molecule is Cc1ccc2ccccc2c1CCCO. The van der Waals surface area contributed by atoms with Crippen LogP contribution < -0.4 is 0 Å². The van der Waals surface area contributed by atoms with Gasteiger partial charge in [0.1, 0.15) is 0 Å². The normalized spacial score (nSPS) is 10.8. The van der Waals surface area contributed by atoms with Crippen molar-refractivity contribution in [1.29, 1.82) is 0 Å². The van der Waals surface area contributed by atoms with Gasteiger partial charge in [-0.15, -0.1) is 0 Å². The van der Waals surface area contributed by atoms with Gasteiger partial charge in [-0.25, -0.2) is 0 Å². The summed E-state index contributed by atoms with van der Waals surface area (Å²) in [6.45, 7) is 2.40. The standard InChI is InChI=1S/C14H16O/c1-11-8-9-12-5-2-3-6-14(12)13(11)7-4-10-15/h2-3,5-6,8-9,15H,4,7,10H2,1H3. The molecule has 0 aromatic heterocycles. The van der Waals surface area contributed by atoms with Gasteiger partial charge in [0.15, 0.2) is 0 Å². The van der Waals surface area contributed by atoms with Gasteiger partial charge in [0.25, 0.3) is 0 Å². The summed E-state index contributed by atoms with van der Waals surface area (Å²) in [4.78, 5) is 0. The van der Waals surface area contributed by atoms with Crippen molar-refractivity contribution in [2.45, 2.75) is 19.8 Å². The summed E-state index contributed by atoms with van der Waals surface area (Å²) in [6.07, 6.45) is 1.80. The maximum atomic E-state index is 8.89. The van der Waals surface area contributed by atoms with E-state index in [1.807, 2.05) is 0 Å². The Hall–Kier alpha value is -1.34. The Morgan fingerprint density at radius 1 is 1.07 bits per heavy atom. The lowest BCUT2D eigenvalue weighted by atomic mass is 9.96. The van der Waals surface area contributed by atoms with Gasteiger partial charge in [-0.1, -0.05) is 36.4 Å². The molecule has 0 unspecified atom stereocenters. The molecular weight excluding hydrogens is 184 g/mol. The van der Waals surface area contributed by atoms with E-state index in [9.17, 15) is 0 Å². The third-order valence-electron chi connectivity index (χ3n) is 2.86. The van der Waals surface area contributed by atoms with E-state index in [0.717, 1.165) is 12.8 Å². The maximum Gasteiger partial charge on any atom is 0.0434 e. The Bertz CT molecular complexity index is 460. The van der Waals surface area contributed by atoms with Crippen LogP contribution in [0.4, 0.5) is 0 Å². The topological polar surface area (TPSA) is 20.2 Å². The van der Waals surface area contributed by atoms with Crippen molar-refractivity contribution in [2.75, 3.05) is 6.61 Å². The molecule has 0 fully saturated rings. The fourth-order valence-electron chi connectivity index (χ4n) is 2.03. The maximum absolute atomic E-state index is 8.89. The zero-order valence-electron chi connectivity index (χ0n) is 9.03. The molecule has 0 saturated heterocycles. The lowest BCUT2D eigenvalue weighted by molar-refractivity contribution is 0.288. The fourth-order valence-corrected chi connectivity index (χ4v) is 2.03. The summed E-state index contributed by atoms with van der Waals surface area (Å²) in [5, 5.41) is 11.5. The van der Waals surface area contributed by atoms with Crippen LogP contribution in [-0.4, -0.2) is 11.7 Å². The van der Waals surface area contributed by atoms with Crippen molar-refractivity contribution in [3.05, 3.63) is 47.5 Å². The first-order valence-electron chi connectivity index (χ1n) is 5.41. The number of aryl methyl sites for hydroxylation is 2. The van der Waals surface area contributed by atoms with Gasteiger partial charge in [-0.05, 0) is 41.7 Å². The quantitative estimate of drug-likeness (QED) is 0.807. The van der Waals surface area contributed by atoms with Crippen LogP contribution in [0.3, 0.4) is 0 Å². The highest BCUT2D eigenvalue weighted by Gasteiger charge is 2.03. The van der Waals surface area contributed by atoms with Crippen molar-refractivity contribution < 1.29 is 5.11 Å². The molecule has 0 radical (unpaired) electrons. The zero-order valence-corrected chi connectivity index (χ0v) is 9.03. The van der Waals surface area contributed by atoms with E-state index in [2.05, 4.69) is 43.3 Å². The minimum Gasteiger partial charge on any atom is -0.396 e. The Morgan fingerprint density at radius 2 is 1.87 bits per heavy atom. The first-order chi connectivity index (χ1) is 7.33. The largest absolute Gasteiger partial charge is 0.396 e. The first kappa shape index (κ1) is 10.2. The van der Waals surface area contributed by atoms with Gasteiger partial charge in [-0.2, -0.15) is 0 Å². The monoisotopic (exact) mass is 200 g/mol. The molecule has 0 atom stereocenters. The molecule has 0 aliphatic rings. The molecular formula is C14H16O. The second-order valence-electron chi connectivity index (χ2n) is 3.91. The van der Waals surface area contributed by atoms with Crippen LogP contribution in [-0.2, 0) is 6.42 Å². The van der Waals surface area contributed by atoms with Gasteiger partial charge >= 0.3 is 0 Å². The van der Waals surface area contributed by atoms with E-state index in [1.165, 1.54) is 21.9 Å². The van der Waals surface area contributed by atoms with Crippen molar-refractivity contribution in [1.82, 2.24) is 0 Å². The molecule has 15 heavy (non-hydrogen) atoms. The third-order valence-corrected chi connectivity index (χ3v) is 2.86. The minimum atomic E-state index is 0.267. The number of aliphatic hydroxyl groups excluding tert-OH is 1. The van der Waals surface area contributed by atoms with E-state index in [1.54, 1.807) is 0 Å². The molecule has 0 bridgehead atoms. The van der Waals surface area contributed by atoms with Crippen LogP contribution in [0.15, 0.2) is 36.4 Å². The summed E-state index contributed by atoms with van der Waals surface area (Å²) in [6, 6.07) is 12.8. The predicted molar refractivity (Wildman–Crippen MR) is 64.1 cm³/mol. The molecule has 1 N–H and O–H groups in total. The average molecular weight is 200 g/mol. The lowest BCUT2D eigenvalue weighted by Crippen LogP contribution is -1.94. The van der Waals surface area contributed by atoms with Crippen molar-refractivity contribution in [2.24, 2.45) is 0 Å². The van der Waals surface area contributed by atoms with E-state index in [-0.39, 0.29) is 6.61 Å². The fraction of sp³-hybridized carbons (Fsp3) is 0.286. The molecule has 0 heterocycles. The Kier molecular flexibility index (Phi) is 3.02. The molecule has 1 nitrogen and oxygen atoms in total. The highest BCUT2D eigenvalue weighted by Crippen LogP contribution is 2.23.